The number of nitrogens with two attached hydrogens (primary N) is 1. The molecule has 0 aromatic carbocycles. The molecule has 2 heterocycles. The first-order chi connectivity index (χ1) is 8.74. The fraction of sp³-hybridized carbons (Fsp3) is 0.667. The minimum Gasteiger partial charge on any atom is -0.370 e. The van der Waals surface area contributed by atoms with Gasteiger partial charge in [-0.05, 0) is 26.8 Å². The smallest absolute Gasteiger partial charge is 0.244 e. The molecule has 0 spiro atoms. The summed E-state index contributed by atoms with van der Waals surface area (Å²) in [6.07, 6.45) is 1.37. The van der Waals surface area contributed by atoms with Crippen molar-refractivity contribution in [2.75, 3.05) is 13.1 Å². The maximum Gasteiger partial charge on any atom is 0.244 e. The predicted molar refractivity (Wildman–Crippen MR) is 72.1 cm³/mol. The molecule has 3 N–H and O–H groups in total. The lowest BCUT2D eigenvalue weighted by Crippen LogP contribution is -2.53. The van der Waals surface area contributed by atoms with E-state index in [0.29, 0.717) is 25.3 Å². The zero-order valence-electron chi connectivity index (χ0n) is 11.5. The monoisotopic (exact) mass is 287 g/mol. The third-order valence-corrected chi connectivity index (χ3v) is 4.90. The molecule has 1 aliphatic heterocycles. The number of nitrogens with zero attached hydrogens (tertiary/aromatic N) is 1. The highest BCUT2D eigenvalue weighted by Gasteiger charge is 2.38. The number of aromatic nitrogens is 1. The van der Waals surface area contributed by atoms with Gasteiger partial charge < -0.3 is 15.5 Å². The lowest BCUT2D eigenvalue weighted by atomic mass is 10.1. The molecule has 1 saturated heterocycles. The molecule has 108 valence electrons. The van der Waals surface area contributed by atoms with E-state index in [1.807, 2.05) is 20.8 Å². The van der Waals surface area contributed by atoms with Gasteiger partial charge >= 0.3 is 0 Å². The molecule has 0 saturated carbocycles. The number of sulfonamides is 1. The molecule has 19 heavy (non-hydrogen) atoms. The normalized spacial score (nSPS) is 24.5. The molecule has 0 aliphatic carbocycles. The van der Waals surface area contributed by atoms with Crippen LogP contribution in [0.15, 0.2) is 17.2 Å². The van der Waals surface area contributed by atoms with Gasteiger partial charge in [-0.25, -0.2) is 8.42 Å². The fourth-order valence-corrected chi connectivity index (χ4v) is 4.10. The molecule has 0 bridgehead atoms. The number of hydrogen-bond donors (Lipinski definition) is 2. The Balaban J connectivity index is 2.28. The second-order valence-electron chi connectivity index (χ2n) is 5.55. The van der Waals surface area contributed by atoms with E-state index < -0.39 is 15.6 Å². The SMILES string of the molecule is CC1CN(S(=O)(=O)c2c[nH]c(CN)c2)CC(C)(C)O1. The first-order valence-corrected chi connectivity index (χ1v) is 7.74. The molecule has 1 aromatic heterocycles. The second kappa shape index (κ2) is 4.90. The third kappa shape index (κ3) is 3.00. The first kappa shape index (κ1) is 14.5. The average molecular weight is 287 g/mol. The van der Waals surface area contributed by atoms with Crippen LogP contribution < -0.4 is 5.73 Å². The Hall–Kier alpha value is -0.890. The average Bonchev–Trinajstić information content (AvgIpc) is 2.75. The Morgan fingerprint density at radius 1 is 1.58 bits per heavy atom. The van der Waals surface area contributed by atoms with E-state index in [4.69, 9.17) is 10.5 Å². The molecule has 2 rings (SSSR count). The molecule has 1 atom stereocenters. The highest BCUT2D eigenvalue weighted by atomic mass is 32.2. The van der Waals surface area contributed by atoms with Gasteiger partial charge in [0.05, 0.1) is 16.6 Å². The molecule has 1 fully saturated rings. The van der Waals surface area contributed by atoms with Crippen molar-refractivity contribution >= 4 is 10.0 Å². The van der Waals surface area contributed by atoms with Crippen molar-refractivity contribution in [3.8, 4) is 0 Å². The maximum atomic E-state index is 12.6. The van der Waals surface area contributed by atoms with Gasteiger partial charge in [-0.3, -0.25) is 0 Å². The standard InChI is InChI=1S/C12H21N3O3S/c1-9-7-15(8-12(2,3)18-9)19(16,17)11-4-10(5-13)14-6-11/h4,6,9,14H,5,7-8,13H2,1-3H3. The van der Waals surface area contributed by atoms with Crippen LogP contribution in [-0.2, 0) is 21.3 Å². The summed E-state index contributed by atoms with van der Waals surface area (Å²) >= 11 is 0. The van der Waals surface area contributed by atoms with Crippen molar-refractivity contribution in [2.24, 2.45) is 5.73 Å². The van der Waals surface area contributed by atoms with Crippen LogP contribution in [0.2, 0.25) is 0 Å². The topological polar surface area (TPSA) is 88.4 Å². The minimum atomic E-state index is -3.49. The summed E-state index contributed by atoms with van der Waals surface area (Å²) in [4.78, 5) is 3.13. The quantitative estimate of drug-likeness (QED) is 0.855. The van der Waals surface area contributed by atoms with Crippen molar-refractivity contribution in [1.82, 2.24) is 9.29 Å². The Labute approximate surface area is 114 Å². The first-order valence-electron chi connectivity index (χ1n) is 6.30. The number of H-pyrrole nitrogens is 1. The van der Waals surface area contributed by atoms with E-state index in [2.05, 4.69) is 4.98 Å². The van der Waals surface area contributed by atoms with Gasteiger partial charge in [-0.1, -0.05) is 0 Å². The number of aromatic amines is 1. The third-order valence-electron chi connectivity index (χ3n) is 3.11. The molecule has 1 aliphatic rings. The van der Waals surface area contributed by atoms with E-state index in [9.17, 15) is 8.42 Å². The number of nitrogens with one attached hydrogen (secondary N) is 1. The van der Waals surface area contributed by atoms with Crippen molar-refractivity contribution in [3.63, 3.8) is 0 Å². The maximum absolute atomic E-state index is 12.6. The molecule has 0 radical (unpaired) electrons. The Morgan fingerprint density at radius 3 is 2.79 bits per heavy atom. The van der Waals surface area contributed by atoms with Gasteiger partial charge in [0.15, 0.2) is 0 Å². The van der Waals surface area contributed by atoms with Crippen LogP contribution in [0.5, 0.6) is 0 Å². The number of hydrogen-bond acceptors (Lipinski definition) is 4. The van der Waals surface area contributed by atoms with Crippen LogP contribution in [0.25, 0.3) is 0 Å². The second-order valence-corrected chi connectivity index (χ2v) is 7.49. The summed E-state index contributed by atoms with van der Waals surface area (Å²) in [6, 6.07) is 1.59. The van der Waals surface area contributed by atoms with Crippen molar-refractivity contribution in [2.45, 2.75) is 43.9 Å². The van der Waals surface area contributed by atoms with E-state index in [1.165, 1.54) is 10.5 Å². The summed E-state index contributed by atoms with van der Waals surface area (Å²) in [7, 11) is -3.49. The van der Waals surface area contributed by atoms with Crippen LogP contribution in [0, 0.1) is 0 Å². The van der Waals surface area contributed by atoms with Crippen LogP contribution in [-0.4, -0.2) is 42.5 Å². The van der Waals surface area contributed by atoms with E-state index in [1.54, 1.807) is 6.07 Å². The van der Waals surface area contributed by atoms with Gasteiger partial charge in [0.1, 0.15) is 0 Å². The zero-order chi connectivity index (χ0) is 14.3. The highest BCUT2D eigenvalue weighted by Crippen LogP contribution is 2.26. The van der Waals surface area contributed by atoms with E-state index >= 15 is 0 Å². The van der Waals surface area contributed by atoms with Gasteiger partial charge in [0.2, 0.25) is 10.0 Å². The fourth-order valence-electron chi connectivity index (χ4n) is 2.41. The van der Waals surface area contributed by atoms with Crippen LogP contribution in [0.4, 0.5) is 0 Å². The zero-order valence-corrected chi connectivity index (χ0v) is 12.3. The predicted octanol–water partition coefficient (Wildman–Crippen LogP) is 0.661. The van der Waals surface area contributed by atoms with Crippen LogP contribution in [0.1, 0.15) is 26.5 Å². The summed E-state index contributed by atoms with van der Waals surface area (Å²) in [5.41, 5.74) is 5.72. The van der Waals surface area contributed by atoms with Crippen LogP contribution >= 0.6 is 0 Å². The van der Waals surface area contributed by atoms with E-state index in [-0.39, 0.29) is 11.0 Å². The Kier molecular flexibility index (Phi) is 3.74. The summed E-state index contributed by atoms with van der Waals surface area (Å²) in [6.45, 7) is 6.69. The Morgan fingerprint density at radius 2 is 2.26 bits per heavy atom. The van der Waals surface area contributed by atoms with Gasteiger partial charge in [0, 0.05) is 31.5 Å². The number of morpholine rings is 1. The largest absolute Gasteiger partial charge is 0.370 e. The van der Waals surface area contributed by atoms with Crippen molar-refractivity contribution < 1.29 is 13.2 Å². The van der Waals surface area contributed by atoms with E-state index in [0.717, 1.165) is 0 Å². The van der Waals surface area contributed by atoms with Gasteiger partial charge in [0.25, 0.3) is 0 Å². The molecule has 0 amide bonds. The molecule has 7 heteroatoms. The number of rotatable bonds is 3. The molecule has 6 nitrogen and oxygen atoms in total. The summed E-state index contributed by atoms with van der Waals surface area (Å²) < 4.78 is 32.3. The highest BCUT2D eigenvalue weighted by molar-refractivity contribution is 7.89. The van der Waals surface area contributed by atoms with Crippen molar-refractivity contribution in [3.05, 3.63) is 18.0 Å². The minimum absolute atomic E-state index is 0.119. The summed E-state index contributed by atoms with van der Waals surface area (Å²) in [5, 5.41) is 0. The van der Waals surface area contributed by atoms with Gasteiger partial charge in [-0.15, -0.1) is 0 Å². The molecular formula is C12H21N3O3S. The molecule has 1 unspecified atom stereocenters. The Bertz CT molecular complexity index is 550. The summed E-state index contributed by atoms with van der Waals surface area (Å²) in [5.74, 6) is 0. The lowest BCUT2D eigenvalue weighted by Gasteiger charge is -2.40. The molecular weight excluding hydrogens is 266 g/mol. The number of ether oxygens (including phenoxy) is 1. The van der Waals surface area contributed by atoms with Crippen molar-refractivity contribution in [1.29, 1.82) is 0 Å². The molecule has 1 aromatic rings. The van der Waals surface area contributed by atoms with Gasteiger partial charge in [-0.2, -0.15) is 4.31 Å². The van der Waals surface area contributed by atoms with Crippen LogP contribution in [0.3, 0.4) is 0 Å². The lowest BCUT2D eigenvalue weighted by molar-refractivity contribution is -0.109.